The number of benzene rings is 1. The minimum absolute atomic E-state index is 0.00143. The highest BCUT2D eigenvalue weighted by Crippen LogP contribution is 2.51. The lowest BCUT2D eigenvalue weighted by Gasteiger charge is -2.53. The van der Waals surface area contributed by atoms with Gasteiger partial charge in [0.05, 0.1) is 44.7 Å². The summed E-state index contributed by atoms with van der Waals surface area (Å²) in [7, 11) is 3.24. The molecule has 4 fully saturated rings. The van der Waals surface area contributed by atoms with Crippen molar-refractivity contribution in [3.63, 3.8) is 0 Å². The zero-order valence-corrected chi connectivity index (χ0v) is 32.7. The quantitative estimate of drug-likeness (QED) is 0.198. The van der Waals surface area contributed by atoms with E-state index < -0.39 is 23.5 Å². The van der Waals surface area contributed by atoms with Crippen molar-refractivity contribution in [3.05, 3.63) is 28.7 Å². The van der Waals surface area contributed by atoms with Gasteiger partial charge in [0.15, 0.2) is 5.82 Å². The van der Waals surface area contributed by atoms with Crippen LogP contribution in [0.1, 0.15) is 64.4 Å². The number of fused-ring (bicyclic) bond motifs is 3. The molecule has 0 unspecified atom stereocenters. The van der Waals surface area contributed by atoms with Crippen LogP contribution >= 0.6 is 11.6 Å². The summed E-state index contributed by atoms with van der Waals surface area (Å²) in [6.45, 7) is 6.31. The summed E-state index contributed by atoms with van der Waals surface area (Å²) in [5.41, 5.74) is 0.149. The molecule has 16 heteroatoms. The number of methoxy groups -OCH3 is 2. The molecule has 2 saturated carbocycles. The number of nitrogens with one attached hydrogen (secondary N) is 1. The number of anilines is 1. The van der Waals surface area contributed by atoms with Crippen LogP contribution in [0.2, 0.25) is 5.02 Å². The van der Waals surface area contributed by atoms with Crippen LogP contribution < -0.4 is 14.4 Å². The van der Waals surface area contributed by atoms with E-state index >= 15 is 4.39 Å². The molecular weight excluding hydrogens is 733 g/mol. The zero-order chi connectivity index (χ0) is 38.6. The second-order valence-electron chi connectivity index (χ2n) is 16.0. The largest absolute Gasteiger partial charge is 0.480 e. The number of halogens is 2. The summed E-state index contributed by atoms with van der Waals surface area (Å²) in [6, 6.07) is 2.60. The Kier molecular flexibility index (Phi) is 10.3. The highest BCUT2D eigenvalue weighted by atomic mass is 35.5. The number of hydrogen-bond donors (Lipinski definition) is 2. The first kappa shape index (κ1) is 38.0. The Hall–Kier alpha value is -3.89. The number of aromatic nitrogens is 5. The fraction of sp³-hybridized carbons (Fsp3) is 0.615. The molecule has 2 aliphatic heterocycles. The summed E-state index contributed by atoms with van der Waals surface area (Å²) in [5, 5.41) is 19.8. The van der Waals surface area contributed by atoms with Gasteiger partial charge in [0.2, 0.25) is 5.88 Å². The first-order valence-corrected chi connectivity index (χ1v) is 19.5. The molecule has 3 aromatic heterocycles. The molecule has 8 rings (SSSR count). The Bertz CT molecular complexity index is 2090. The molecule has 2 aliphatic carbocycles. The third-order valence-corrected chi connectivity index (χ3v) is 12.5. The van der Waals surface area contributed by atoms with E-state index in [1.165, 1.54) is 14.0 Å². The van der Waals surface area contributed by atoms with Crippen molar-refractivity contribution in [3.8, 4) is 23.1 Å². The van der Waals surface area contributed by atoms with E-state index in [1.54, 1.807) is 38.1 Å². The summed E-state index contributed by atoms with van der Waals surface area (Å²) in [6.07, 6.45) is 8.66. The van der Waals surface area contributed by atoms with Crippen LogP contribution in [0.4, 0.5) is 10.2 Å². The first-order valence-electron chi connectivity index (χ1n) is 19.1. The highest BCUT2D eigenvalue weighted by molar-refractivity contribution is 6.33. The Morgan fingerprint density at radius 1 is 1.20 bits per heavy atom. The number of hydrogen-bond acceptors (Lipinski definition) is 13. The third-order valence-electron chi connectivity index (χ3n) is 12.2. The maximum atomic E-state index is 17.4. The van der Waals surface area contributed by atoms with Crippen molar-refractivity contribution >= 4 is 45.2 Å². The van der Waals surface area contributed by atoms with E-state index in [4.69, 9.17) is 50.2 Å². The molecule has 4 aromatic rings. The SMILES string of the molecule is COc1nc(-c2c(C)c(Cl)cc3[nH]ncc23)c(F)c2nc(OC[C@]34CCC[C@H]3N(C3CC(OC)C3)CCC4)nc(N3C[C@H](COC(C)=O)OC[C@@](C)(O)C3)c12. The van der Waals surface area contributed by atoms with Crippen molar-refractivity contribution < 1.29 is 38.0 Å². The lowest BCUT2D eigenvalue weighted by Crippen LogP contribution is -2.59. The third kappa shape index (κ3) is 7.07. The van der Waals surface area contributed by atoms with E-state index in [0.717, 1.165) is 51.5 Å². The average Bonchev–Trinajstić information content (AvgIpc) is 3.76. The van der Waals surface area contributed by atoms with Gasteiger partial charge in [-0.05, 0) is 70.5 Å². The maximum absolute atomic E-state index is 17.4. The molecule has 0 radical (unpaired) electrons. The van der Waals surface area contributed by atoms with Crippen LogP contribution in [0.5, 0.6) is 11.9 Å². The molecule has 4 atom stereocenters. The van der Waals surface area contributed by atoms with Gasteiger partial charge in [-0.25, -0.2) is 9.37 Å². The minimum Gasteiger partial charge on any atom is -0.480 e. The highest BCUT2D eigenvalue weighted by Gasteiger charge is 2.52. The van der Waals surface area contributed by atoms with Gasteiger partial charge in [0.25, 0.3) is 0 Å². The standard InChI is InChI=1S/C39H49ClFN7O7/c1-21-27(40)14-28-26(15-42-46-28)30(21)33-32(41)34-31(36(43-33)52-5)35(47-16-25(17-53-22(2)49)54-19-38(3,50)18-47)45-37(44-34)55-20-39-9-6-8-29(39)48(11-7-10-39)23-12-24(13-23)51-4/h14-15,23-25,29,50H,6-13,16-20H2,1-5H3,(H,42,46)/t23?,24?,25-,29-,38+,39-/m1/s1. The average molecular weight is 782 g/mol. The van der Waals surface area contributed by atoms with Crippen LogP contribution in [0.25, 0.3) is 33.1 Å². The molecule has 0 spiro atoms. The van der Waals surface area contributed by atoms with Crippen molar-refractivity contribution in [2.24, 2.45) is 5.41 Å². The fourth-order valence-corrected chi connectivity index (χ4v) is 9.56. The second kappa shape index (κ2) is 14.9. The molecule has 0 bridgehead atoms. The first-order chi connectivity index (χ1) is 26.4. The van der Waals surface area contributed by atoms with Crippen molar-refractivity contribution in [1.82, 2.24) is 30.0 Å². The molecule has 2 N–H and O–H groups in total. The number of likely N-dealkylation sites (tertiary alicyclic amines) is 1. The summed E-state index contributed by atoms with van der Waals surface area (Å²) < 4.78 is 46.9. The van der Waals surface area contributed by atoms with Gasteiger partial charge in [-0.2, -0.15) is 15.1 Å². The summed E-state index contributed by atoms with van der Waals surface area (Å²) in [4.78, 5) is 30.7. The fourth-order valence-electron chi connectivity index (χ4n) is 9.35. The number of pyridine rings is 1. The molecule has 1 aromatic carbocycles. The minimum atomic E-state index is -1.35. The number of nitrogens with zero attached hydrogens (tertiary/aromatic N) is 6. The van der Waals surface area contributed by atoms with Gasteiger partial charge in [0.1, 0.15) is 40.7 Å². The number of carbonyl (C=O) groups excluding carboxylic acids is 1. The predicted molar refractivity (Wildman–Crippen MR) is 203 cm³/mol. The topological polar surface area (TPSA) is 157 Å². The normalized spacial score (nSPS) is 28.5. The Morgan fingerprint density at radius 3 is 2.76 bits per heavy atom. The van der Waals surface area contributed by atoms with Gasteiger partial charge < -0.3 is 33.7 Å². The number of β-amino-alcohol motifs (C(OH)–C–C–N with tert-alkyl or cyclic N) is 1. The second-order valence-corrected chi connectivity index (χ2v) is 16.4. The van der Waals surface area contributed by atoms with E-state index in [-0.39, 0.29) is 66.0 Å². The maximum Gasteiger partial charge on any atom is 0.319 e. The molecule has 5 heterocycles. The molecule has 0 amide bonds. The molecular formula is C39H49ClFN7O7. The lowest BCUT2D eigenvalue weighted by molar-refractivity contribution is -0.145. The smallest absolute Gasteiger partial charge is 0.319 e. The van der Waals surface area contributed by atoms with Gasteiger partial charge >= 0.3 is 12.0 Å². The number of piperidine rings is 1. The van der Waals surface area contributed by atoms with E-state index in [1.807, 2.05) is 0 Å². The number of aliphatic hydroxyl groups is 1. The number of esters is 1. The Morgan fingerprint density at radius 2 is 2.00 bits per heavy atom. The molecule has 55 heavy (non-hydrogen) atoms. The Labute approximate surface area is 324 Å². The van der Waals surface area contributed by atoms with Gasteiger partial charge in [0, 0.05) is 54.0 Å². The van der Waals surface area contributed by atoms with Crippen molar-refractivity contribution in [2.45, 2.75) is 95.6 Å². The van der Waals surface area contributed by atoms with Crippen LogP contribution in [0, 0.1) is 18.2 Å². The van der Waals surface area contributed by atoms with Crippen molar-refractivity contribution in [2.75, 3.05) is 58.6 Å². The predicted octanol–water partition coefficient (Wildman–Crippen LogP) is 5.39. The number of aromatic amines is 1. The monoisotopic (exact) mass is 781 g/mol. The summed E-state index contributed by atoms with van der Waals surface area (Å²) >= 11 is 6.65. The molecule has 4 aliphatic rings. The van der Waals surface area contributed by atoms with Crippen LogP contribution in [0.15, 0.2) is 12.3 Å². The lowest BCUT2D eigenvalue weighted by atomic mass is 9.73. The van der Waals surface area contributed by atoms with E-state index in [2.05, 4.69) is 15.1 Å². The van der Waals surface area contributed by atoms with E-state index in [9.17, 15) is 9.90 Å². The Balaban J connectivity index is 1.24. The van der Waals surface area contributed by atoms with Crippen molar-refractivity contribution in [1.29, 1.82) is 0 Å². The van der Waals surface area contributed by atoms with Gasteiger partial charge in [-0.1, -0.05) is 18.0 Å². The van der Waals surface area contributed by atoms with Crippen LogP contribution in [-0.2, 0) is 19.0 Å². The molecule has 296 valence electrons. The number of H-pyrrole nitrogens is 1. The number of ether oxygens (including phenoxy) is 5. The summed E-state index contributed by atoms with van der Waals surface area (Å²) in [5.74, 6) is -0.863. The molecule has 2 saturated heterocycles. The van der Waals surface area contributed by atoms with Crippen LogP contribution in [-0.4, -0.2) is 125 Å². The van der Waals surface area contributed by atoms with Gasteiger partial charge in [-0.15, -0.1) is 0 Å². The zero-order valence-electron chi connectivity index (χ0n) is 32.0. The van der Waals surface area contributed by atoms with Gasteiger partial charge in [-0.3, -0.25) is 14.8 Å². The number of rotatable bonds is 10. The van der Waals surface area contributed by atoms with E-state index in [0.29, 0.717) is 51.8 Å². The van der Waals surface area contributed by atoms with Crippen LogP contribution in [0.3, 0.4) is 0 Å². The molecule has 14 nitrogen and oxygen atoms in total. The number of carbonyl (C=O) groups is 1.